The zero-order valence-electron chi connectivity index (χ0n) is 10.8. The van der Waals surface area contributed by atoms with Crippen LogP contribution in [0.1, 0.15) is 24.1 Å². The average molecular weight is 316 g/mol. The number of benzene rings is 2. The third kappa shape index (κ3) is 3.48. The molecule has 0 amide bonds. The average Bonchev–Trinajstić information content (AvgIpc) is 2.38. The Kier molecular flexibility index (Phi) is 4.97. The van der Waals surface area contributed by atoms with Gasteiger partial charge < -0.3 is 5.32 Å². The van der Waals surface area contributed by atoms with Gasteiger partial charge in [-0.05, 0) is 48.0 Å². The molecule has 0 fully saturated rings. The maximum atomic E-state index is 13.4. The molecule has 0 saturated heterocycles. The molecule has 0 saturated carbocycles. The molecule has 20 heavy (non-hydrogen) atoms. The first-order valence-corrected chi connectivity index (χ1v) is 6.91. The Morgan fingerprint density at radius 2 is 1.70 bits per heavy atom. The molecule has 106 valence electrons. The molecule has 5 heteroatoms. The van der Waals surface area contributed by atoms with Crippen molar-refractivity contribution >= 4 is 23.2 Å². The number of rotatable bonds is 4. The third-order valence-electron chi connectivity index (χ3n) is 2.90. The van der Waals surface area contributed by atoms with E-state index in [-0.39, 0.29) is 0 Å². The molecular formula is C15H13Cl2F2N. The Morgan fingerprint density at radius 3 is 2.30 bits per heavy atom. The largest absolute Gasteiger partial charge is 0.306 e. The van der Waals surface area contributed by atoms with E-state index in [9.17, 15) is 8.78 Å². The van der Waals surface area contributed by atoms with Gasteiger partial charge in [0.05, 0.1) is 6.04 Å². The summed E-state index contributed by atoms with van der Waals surface area (Å²) in [5, 5.41) is 4.17. The van der Waals surface area contributed by atoms with Gasteiger partial charge in [-0.3, -0.25) is 0 Å². The zero-order chi connectivity index (χ0) is 14.7. The third-order valence-corrected chi connectivity index (χ3v) is 3.47. The van der Waals surface area contributed by atoms with E-state index < -0.39 is 17.7 Å². The van der Waals surface area contributed by atoms with Gasteiger partial charge >= 0.3 is 0 Å². The van der Waals surface area contributed by atoms with Crippen LogP contribution in [0.25, 0.3) is 0 Å². The lowest BCUT2D eigenvalue weighted by molar-refractivity contribution is 0.565. The summed E-state index contributed by atoms with van der Waals surface area (Å²) >= 11 is 12.1. The maximum absolute atomic E-state index is 13.4. The summed E-state index contributed by atoms with van der Waals surface area (Å²) < 4.78 is 26.8. The van der Waals surface area contributed by atoms with Crippen molar-refractivity contribution in [2.45, 2.75) is 13.0 Å². The first kappa shape index (κ1) is 15.2. The SMILES string of the molecule is CCNC(c1cc(F)cc(F)c1)c1cc(Cl)ccc1Cl. The van der Waals surface area contributed by atoms with Crippen LogP contribution in [-0.4, -0.2) is 6.54 Å². The van der Waals surface area contributed by atoms with Gasteiger partial charge in [0.1, 0.15) is 11.6 Å². The van der Waals surface area contributed by atoms with Gasteiger partial charge in [-0.2, -0.15) is 0 Å². The molecule has 2 aromatic carbocycles. The minimum absolute atomic E-state index is 0.420. The van der Waals surface area contributed by atoms with Crippen LogP contribution >= 0.6 is 23.2 Å². The van der Waals surface area contributed by atoms with Crippen LogP contribution in [0.5, 0.6) is 0 Å². The highest BCUT2D eigenvalue weighted by molar-refractivity contribution is 6.33. The van der Waals surface area contributed by atoms with E-state index in [1.54, 1.807) is 18.2 Å². The number of hydrogen-bond acceptors (Lipinski definition) is 1. The van der Waals surface area contributed by atoms with Crippen molar-refractivity contribution in [3.8, 4) is 0 Å². The molecule has 0 radical (unpaired) electrons. The van der Waals surface area contributed by atoms with Gasteiger partial charge in [0.2, 0.25) is 0 Å². The fourth-order valence-electron chi connectivity index (χ4n) is 2.09. The first-order valence-electron chi connectivity index (χ1n) is 6.15. The molecule has 0 aliphatic rings. The van der Waals surface area contributed by atoms with Gasteiger partial charge in [0, 0.05) is 16.1 Å². The molecule has 0 bridgehead atoms. The van der Waals surface area contributed by atoms with Gasteiger partial charge in [-0.15, -0.1) is 0 Å². The van der Waals surface area contributed by atoms with E-state index in [4.69, 9.17) is 23.2 Å². The van der Waals surface area contributed by atoms with Crippen molar-refractivity contribution in [3.05, 3.63) is 69.2 Å². The first-order chi connectivity index (χ1) is 9.51. The molecule has 1 N–H and O–H groups in total. The van der Waals surface area contributed by atoms with Crippen LogP contribution < -0.4 is 5.32 Å². The fourth-order valence-corrected chi connectivity index (χ4v) is 2.50. The maximum Gasteiger partial charge on any atom is 0.126 e. The number of nitrogens with one attached hydrogen (secondary N) is 1. The van der Waals surface area contributed by atoms with E-state index >= 15 is 0 Å². The van der Waals surface area contributed by atoms with Crippen molar-refractivity contribution in [1.82, 2.24) is 5.32 Å². The van der Waals surface area contributed by atoms with Crippen molar-refractivity contribution < 1.29 is 8.78 Å². The summed E-state index contributed by atoms with van der Waals surface area (Å²) in [5.41, 5.74) is 1.15. The highest BCUT2D eigenvalue weighted by Crippen LogP contribution is 2.31. The Morgan fingerprint density at radius 1 is 1.05 bits per heavy atom. The highest BCUT2D eigenvalue weighted by Gasteiger charge is 2.18. The number of hydrogen-bond donors (Lipinski definition) is 1. The second kappa shape index (κ2) is 6.53. The molecule has 1 unspecified atom stereocenters. The predicted molar refractivity (Wildman–Crippen MR) is 78.3 cm³/mol. The highest BCUT2D eigenvalue weighted by atomic mass is 35.5. The smallest absolute Gasteiger partial charge is 0.126 e. The van der Waals surface area contributed by atoms with Crippen molar-refractivity contribution in [2.75, 3.05) is 6.54 Å². The minimum atomic E-state index is -0.624. The Bertz CT molecular complexity index is 597. The lowest BCUT2D eigenvalue weighted by atomic mass is 9.98. The fraction of sp³-hybridized carbons (Fsp3) is 0.200. The standard InChI is InChI=1S/C15H13Cl2F2N/c1-2-20-15(9-5-11(18)8-12(19)6-9)13-7-10(16)3-4-14(13)17/h3-8,15,20H,2H2,1H3. The topological polar surface area (TPSA) is 12.0 Å². The Labute approximate surface area is 126 Å². The van der Waals surface area contributed by atoms with Gasteiger partial charge in [0.15, 0.2) is 0 Å². The lowest BCUT2D eigenvalue weighted by Gasteiger charge is -2.20. The van der Waals surface area contributed by atoms with Crippen LogP contribution in [0.3, 0.4) is 0 Å². The summed E-state index contributed by atoms with van der Waals surface area (Å²) in [6.45, 7) is 2.52. The molecule has 0 aromatic heterocycles. The molecule has 0 aliphatic heterocycles. The van der Waals surface area contributed by atoms with E-state index in [0.717, 1.165) is 6.07 Å². The minimum Gasteiger partial charge on any atom is -0.306 e. The molecule has 0 spiro atoms. The Balaban J connectivity index is 2.52. The normalized spacial score (nSPS) is 12.4. The quantitative estimate of drug-likeness (QED) is 0.840. The summed E-state index contributed by atoms with van der Waals surface area (Å²) in [7, 11) is 0. The lowest BCUT2D eigenvalue weighted by Crippen LogP contribution is -2.22. The van der Waals surface area contributed by atoms with Gasteiger partial charge in [-0.1, -0.05) is 30.1 Å². The number of halogens is 4. The van der Waals surface area contributed by atoms with Crippen LogP contribution in [-0.2, 0) is 0 Å². The zero-order valence-corrected chi connectivity index (χ0v) is 12.3. The van der Waals surface area contributed by atoms with E-state index in [0.29, 0.717) is 27.7 Å². The second-order valence-electron chi connectivity index (χ2n) is 4.36. The van der Waals surface area contributed by atoms with Crippen LogP contribution in [0.15, 0.2) is 36.4 Å². The predicted octanol–water partition coefficient (Wildman–Crippen LogP) is 4.97. The molecule has 2 rings (SSSR count). The van der Waals surface area contributed by atoms with Crippen LogP contribution in [0, 0.1) is 11.6 Å². The van der Waals surface area contributed by atoms with Crippen molar-refractivity contribution in [2.24, 2.45) is 0 Å². The second-order valence-corrected chi connectivity index (χ2v) is 5.20. The molecule has 0 heterocycles. The molecule has 2 aromatic rings. The summed E-state index contributed by atoms with van der Waals surface area (Å²) in [4.78, 5) is 0. The molecular weight excluding hydrogens is 303 g/mol. The summed E-state index contributed by atoms with van der Waals surface area (Å²) in [6.07, 6.45) is 0. The monoisotopic (exact) mass is 315 g/mol. The molecule has 1 nitrogen and oxygen atoms in total. The summed E-state index contributed by atoms with van der Waals surface area (Å²) in [6, 6.07) is 8.02. The van der Waals surface area contributed by atoms with E-state index in [1.807, 2.05) is 6.92 Å². The van der Waals surface area contributed by atoms with E-state index in [1.165, 1.54) is 12.1 Å². The van der Waals surface area contributed by atoms with Crippen LogP contribution in [0.4, 0.5) is 8.78 Å². The molecule has 1 atom stereocenters. The van der Waals surface area contributed by atoms with Crippen LogP contribution in [0.2, 0.25) is 10.0 Å². The van der Waals surface area contributed by atoms with E-state index in [2.05, 4.69) is 5.32 Å². The molecule has 0 aliphatic carbocycles. The van der Waals surface area contributed by atoms with Gasteiger partial charge in [-0.25, -0.2) is 8.78 Å². The van der Waals surface area contributed by atoms with Gasteiger partial charge in [0.25, 0.3) is 0 Å². The van der Waals surface area contributed by atoms with Crippen molar-refractivity contribution in [1.29, 1.82) is 0 Å². The van der Waals surface area contributed by atoms with Crippen molar-refractivity contribution in [3.63, 3.8) is 0 Å². The Hall–Kier alpha value is -1.16. The summed E-state index contributed by atoms with van der Waals surface area (Å²) in [5.74, 6) is -1.25.